The van der Waals surface area contributed by atoms with Gasteiger partial charge in [0.05, 0.1) is 0 Å². The van der Waals surface area contributed by atoms with Crippen molar-refractivity contribution in [2.24, 2.45) is 17.8 Å². The third kappa shape index (κ3) is 1.03. The van der Waals surface area contributed by atoms with Gasteiger partial charge in [0.25, 0.3) is 0 Å². The van der Waals surface area contributed by atoms with Crippen molar-refractivity contribution in [2.75, 3.05) is 0 Å². The van der Waals surface area contributed by atoms with E-state index >= 15 is 0 Å². The van der Waals surface area contributed by atoms with Crippen LogP contribution in [0, 0.1) is 17.8 Å². The highest BCUT2D eigenvalue weighted by Crippen LogP contribution is 2.54. The summed E-state index contributed by atoms with van der Waals surface area (Å²) in [7, 11) is 0. The van der Waals surface area contributed by atoms with Crippen LogP contribution in [0.2, 0.25) is 0 Å². The Morgan fingerprint density at radius 3 is 2.67 bits per heavy atom. The molecule has 2 atom stereocenters. The van der Waals surface area contributed by atoms with E-state index in [1.54, 1.807) is 0 Å². The predicted molar refractivity (Wildman–Crippen MR) is 39.1 cm³/mol. The Morgan fingerprint density at radius 2 is 2.11 bits per heavy atom. The third-order valence-corrected chi connectivity index (χ3v) is 2.56. The Kier molecular flexibility index (Phi) is 1.14. The summed E-state index contributed by atoms with van der Waals surface area (Å²) in [5.74, 6) is 3.25. The van der Waals surface area contributed by atoms with E-state index in [-0.39, 0.29) is 0 Å². The van der Waals surface area contributed by atoms with Crippen molar-refractivity contribution in [2.45, 2.75) is 26.2 Å². The topological polar surface area (TPSA) is 0 Å². The molecule has 2 aliphatic rings. The molecular weight excluding hydrogens is 108 g/mol. The van der Waals surface area contributed by atoms with E-state index in [1.165, 1.54) is 19.3 Å². The lowest BCUT2D eigenvalue weighted by molar-refractivity contribution is 0.680. The molecule has 2 rings (SSSR count). The molecule has 0 aromatic carbocycles. The molecule has 0 aliphatic heterocycles. The van der Waals surface area contributed by atoms with Crippen LogP contribution in [0.4, 0.5) is 0 Å². The first-order valence-electron chi connectivity index (χ1n) is 4.04. The highest BCUT2D eigenvalue weighted by Gasteiger charge is 2.45. The molecule has 0 N–H and O–H groups in total. The standard InChI is InChI=1S/C9H14/c1-2-3-8-6-9(8)7-4-5-7/h2-3,7-9H,4-6H2,1H3. The summed E-state index contributed by atoms with van der Waals surface area (Å²) in [5.41, 5.74) is 0. The zero-order valence-corrected chi connectivity index (χ0v) is 6.01. The molecule has 0 bridgehead atoms. The molecule has 0 spiro atoms. The van der Waals surface area contributed by atoms with Crippen molar-refractivity contribution in [1.82, 2.24) is 0 Å². The van der Waals surface area contributed by atoms with Crippen LogP contribution in [0.25, 0.3) is 0 Å². The number of rotatable bonds is 2. The maximum Gasteiger partial charge on any atom is -0.0199 e. The van der Waals surface area contributed by atoms with Gasteiger partial charge in [0, 0.05) is 0 Å². The molecule has 2 aliphatic carbocycles. The molecule has 0 aromatic rings. The average Bonchev–Trinajstić information content (AvgIpc) is 2.58. The summed E-state index contributed by atoms with van der Waals surface area (Å²) in [6.45, 7) is 2.13. The summed E-state index contributed by atoms with van der Waals surface area (Å²) in [5, 5.41) is 0. The van der Waals surface area contributed by atoms with Gasteiger partial charge in [-0.15, -0.1) is 0 Å². The van der Waals surface area contributed by atoms with Crippen LogP contribution < -0.4 is 0 Å². The normalized spacial score (nSPS) is 41.9. The third-order valence-electron chi connectivity index (χ3n) is 2.56. The first-order chi connectivity index (χ1) is 4.42. The van der Waals surface area contributed by atoms with Crippen LogP contribution in [0.15, 0.2) is 12.2 Å². The molecule has 0 heteroatoms. The van der Waals surface area contributed by atoms with Gasteiger partial charge in [-0.05, 0) is 43.9 Å². The Bertz CT molecular complexity index is 131. The Morgan fingerprint density at radius 1 is 1.33 bits per heavy atom. The van der Waals surface area contributed by atoms with Gasteiger partial charge in [0.1, 0.15) is 0 Å². The molecule has 0 aromatic heterocycles. The van der Waals surface area contributed by atoms with E-state index in [0.717, 1.165) is 17.8 Å². The molecule has 0 nitrogen and oxygen atoms in total. The van der Waals surface area contributed by atoms with Crippen molar-refractivity contribution in [3.63, 3.8) is 0 Å². The van der Waals surface area contributed by atoms with Crippen LogP contribution in [0.5, 0.6) is 0 Å². The monoisotopic (exact) mass is 122 g/mol. The van der Waals surface area contributed by atoms with Crippen LogP contribution >= 0.6 is 0 Å². The van der Waals surface area contributed by atoms with Crippen molar-refractivity contribution in [3.05, 3.63) is 12.2 Å². The lowest BCUT2D eigenvalue weighted by Crippen LogP contribution is -1.79. The van der Waals surface area contributed by atoms with E-state index in [9.17, 15) is 0 Å². The minimum atomic E-state index is 0.988. The van der Waals surface area contributed by atoms with E-state index in [1.807, 2.05) is 0 Å². The summed E-state index contributed by atoms with van der Waals surface area (Å²) < 4.78 is 0. The molecule has 0 heterocycles. The van der Waals surface area contributed by atoms with Gasteiger partial charge < -0.3 is 0 Å². The quantitative estimate of drug-likeness (QED) is 0.494. The van der Waals surface area contributed by atoms with Crippen LogP contribution in [-0.4, -0.2) is 0 Å². The fourth-order valence-electron chi connectivity index (χ4n) is 1.77. The first-order valence-corrected chi connectivity index (χ1v) is 4.04. The summed E-state index contributed by atoms with van der Waals surface area (Å²) in [6, 6.07) is 0. The van der Waals surface area contributed by atoms with Crippen LogP contribution in [0.3, 0.4) is 0 Å². The largest absolute Gasteiger partial charge is 0.0914 e. The number of hydrogen-bond acceptors (Lipinski definition) is 0. The maximum atomic E-state index is 2.38. The minimum Gasteiger partial charge on any atom is -0.0914 e. The smallest absolute Gasteiger partial charge is 0.0199 e. The minimum absolute atomic E-state index is 0.988. The second-order valence-electron chi connectivity index (χ2n) is 3.43. The Labute approximate surface area is 57.0 Å². The highest BCUT2D eigenvalue weighted by atomic mass is 14.5. The first kappa shape index (κ1) is 5.52. The molecule has 50 valence electrons. The van der Waals surface area contributed by atoms with Crippen molar-refractivity contribution in [1.29, 1.82) is 0 Å². The van der Waals surface area contributed by atoms with Crippen LogP contribution in [-0.2, 0) is 0 Å². The second kappa shape index (κ2) is 1.86. The van der Waals surface area contributed by atoms with Gasteiger partial charge in [-0.2, -0.15) is 0 Å². The molecule has 2 saturated carbocycles. The SMILES string of the molecule is CC=CC1CC1C1CC1. The van der Waals surface area contributed by atoms with Gasteiger partial charge in [0.15, 0.2) is 0 Å². The van der Waals surface area contributed by atoms with E-state index in [0.29, 0.717) is 0 Å². The zero-order valence-electron chi connectivity index (χ0n) is 6.01. The van der Waals surface area contributed by atoms with E-state index in [2.05, 4.69) is 19.1 Å². The van der Waals surface area contributed by atoms with E-state index in [4.69, 9.17) is 0 Å². The summed E-state index contributed by atoms with van der Waals surface area (Å²) in [6.07, 6.45) is 9.13. The number of allylic oxidation sites excluding steroid dienone is 2. The maximum absolute atomic E-state index is 2.38. The highest BCUT2D eigenvalue weighted by molar-refractivity contribution is 5.06. The molecular formula is C9H14. The van der Waals surface area contributed by atoms with Gasteiger partial charge in [-0.3, -0.25) is 0 Å². The predicted octanol–water partition coefficient (Wildman–Crippen LogP) is 2.61. The zero-order chi connectivity index (χ0) is 6.27. The van der Waals surface area contributed by atoms with Crippen molar-refractivity contribution < 1.29 is 0 Å². The molecule has 2 fully saturated rings. The van der Waals surface area contributed by atoms with Gasteiger partial charge in [-0.1, -0.05) is 12.2 Å². The molecule has 2 unspecified atom stereocenters. The fraction of sp³-hybridized carbons (Fsp3) is 0.778. The lowest BCUT2D eigenvalue weighted by Gasteiger charge is -1.85. The van der Waals surface area contributed by atoms with Gasteiger partial charge in [0.2, 0.25) is 0 Å². The lowest BCUT2D eigenvalue weighted by atomic mass is 10.2. The fourth-order valence-corrected chi connectivity index (χ4v) is 1.77. The molecule has 9 heavy (non-hydrogen) atoms. The summed E-state index contributed by atoms with van der Waals surface area (Å²) >= 11 is 0. The van der Waals surface area contributed by atoms with Crippen molar-refractivity contribution in [3.8, 4) is 0 Å². The number of hydrogen-bond donors (Lipinski definition) is 0. The van der Waals surface area contributed by atoms with Gasteiger partial charge >= 0.3 is 0 Å². The molecule has 0 saturated heterocycles. The Balaban J connectivity index is 1.81. The molecule has 0 amide bonds. The van der Waals surface area contributed by atoms with Crippen molar-refractivity contribution >= 4 is 0 Å². The van der Waals surface area contributed by atoms with Gasteiger partial charge in [-0.25, -0.2) is 0 Å². The second-order valence-corrected chi connectivity index (χ2v) is 3.43. The Hall–Kier alpha value is -0.260. The summed E-state index contributed by atoms with van der Waals surface area (Å²) in [4.78, 5) is 0. The van der Waals surface area contributed by atoms with E-state index < -0.39 is 0 Å². The molecule has 0 radical (unpaired) electrons. The van der Waals surface area contributed by atoms with Crippen LogP contribution in [0.1, 0.15) is 26.2 Å². The average molecular weight is 122 g/mol.